The standard InChI is InChI=1S/C14H21NO3S/c1-4-13-5-7-14(8-6-13)19(16,17)15-9-10-18-12(3)11(15)2/h5-8,11-12H,4,9-10H2,1-3H3. The van der Waals surface area contributed by atoms with Gasteiger partial charge in [-0.1, -0.05) is 19.1 Å². The predicted molar refractivity (Wildman–Crippen MR) is 74.6 cm³/mol. The molecule has 2 rings (SSSR count). The SMILES string of the molecule is CCc1ccc(S(=O)(=O)N2CCOC(C)C2C)cc1. The van der Waals surface area contributed by atoms with Crippen molar-refractivity contribution in [3.63, 3.8) is 0 Å². The quantitative estimate of drug-likeness (QED) is 0.853. The van der Waals surface area contributed by atoms with Gasteiger partial charge in [0.1, 0.15) is 0 Å². The maximum Gasteiger partial charge on any atom is 0.243 e. The Bertz CT molecular complexity index is 524. The fourth-order valence-corrected chi connectivity index (χ4v) is 3.95. The fourth-order valence-electron chi connectivity index (χ4n) is 2.28. The Hall–Kier alpha value is -0.910. The molecule has 1 heterocycles. The predicted octanol–water partition coefficient (Wildman–Crippen LogP) is 2.05. The van der Waals surface area contributed by atoms with Crippen molar-refractivity contribution in [2.24, 2.45) is 0 Å². The smallest absolute Gasteiger partial charge is 0.243 e. The van der Waals surface area contributed by atoms with Gasteiger partial charge in [-0.15, -0.1) is 0 Å². The molecule has 0 spiro atoms. The molecule has 1 aromatic carbocycles. The van der Waals surface area contributed by atoms with E-state index >= 15 is 0 Å². The molecule has 1 aromatic rings. The van der Waals surface area contributed by atoms with Crippen LogP contribution in [0.5, 0.6) is 0 Å². The number of hydrogen-bond acceptors (Lipinski definition) is 3. The molecule has 1 fully saturated rings. The Morgan fingerprint density at radius 1 is 1.26 bits per heavy atom. The van der Waals surface area contributed by atoms with E-state index in [1.165, 1.54) is 0 Å². The van der Waals surface area contributed by atoms with Crippen LogP contribution in [-0.4, -0.2) is 38.0 Å². The monoisotopic (exact) mass is 283 g/mol. The van der Waals surface area contributed by atoms with Crippen molar-refractivity contribution >= 4 is 10.0 Å². The van der Waals surface area contributed by atoms with Crippen LogP contribution in [0.15, 0.2) is 29.2 Å². The summed E-state index contributed by atoms with van der Waals surface area (Å²) in [5, 5.41) is 0. The van der Waals surface area contributed by atoms with E-state index in [9.17, 15) is 8.42 Å². The van der Waals surface area contributed by atoms with Crippen LogP contribution in [0.2, 0.25) is 0 Å². The Labute approximate surface area is 115 Å². The second-order valence-corrected chi connectivity index (χ2v) is 6.82. The number of sulfonamides is 1. The molecule has 4 nitrogen and oxygen atoms in total. The first-order chi connectivity index (χ1) is 8.96. The summed E-state index contributed by atoms with van der Waals surface area (Å²) in [4.78, 5) is 0.366. The van der Waals surface area contributed by atoms with E-state index in [-0.39, 0.29) is 12.1 Å². The summed E-state index contributed by atoms with van der Waals surface area (Å²) >= 11 is 0. The highest BCUT2D eigenvalue weighted by Crippen LogP contribution is 2.23. The van der Waals surface area contributed by atoms with E-state index in [4.69, 9.17) is 4.74 Å². The molecule has 2 atom stereocenters. The molecule has 1 saturated heterocycles. The van der Waals surface area contributed by atoms with Gasteiger partial charge in [0, 0.05) is 12.6 Å². The molecular formula is C14H21NO3S. The van der Waals surface area contributed by atoms with Crippen LogP contribution in [0.4, 0.5) is 0 Å². The van der Waals surface area contributed by atoms with Gasteiger partial charge in [-0.2, -0.15) is 4.31 Å². The summed E-state index contributed by atoms with van der Waals surface area (Å²) in [6, 6.07) is 7.01. The zero-order valence-corrected chi connectivity index (χ0v) is 12.5. The Morgan fingerprint density at radius 3 is 2.47 bits per heavy atom. The van der Waals surface area contributed by atoms with Gasteiger partial charge in [0.2, 0.25) is 10.0 Å². The normalized spacial score (nSPS) is 25.4. The number of aryl methyl sites for hydroxylation is 1. The third-order valence-electron chi connectivity index (χ3n) is 3.76. The summed E-state index contributed by atoms with van der Waals surface area (Å²) in [5.74, 6) is 0. The van der Waals surface area contributed by atoms with Gasteiger partial charge in [0.05, 0.1) is 17.6 Å². The van der Waals surface area contributed by atoms with E-state index < -0.39 is 10.0 Å². The molecule has 1 aliphatic rings. The minimum atomic E-state index is -3.42. The number of morpholine rings is 1. The van der Waals surface area contributed by atoms with Crippen LogP contribution < -0.4 is 0 Å². The van der Waals surface area contributed by atoms with Gasteiger partial charge in [0.25, 0.3) is 0 Å². The largest absolute Gasteiger partial charge is 0.375 e. The molecule has 5 heteroatoms. The number of ether oxygens (including phenoxy) is 1. The second-order valence-electron chi connectivity index (χ2n) is 4.93. The maximum absolute atomic E-state index is 12.6. The lowest BCUT2D eigenvalue weighted by molar-refractivity contribution is -0.0232. The van der Waals surface area contributed by atoms with Gasteiger partial charge in [-0.25, -0.2) is 8.42 Å². The highest BCUT2D eigenvalue weighted by molar-refractivity contribution is 7.89. The van der Waals surface area contributed by atoms with Crippen LogP contribution in [-0.2, 0) is 21.2 Å². The topological polar surface area (TPSA) is 46.6 Å². The Morgan fingerprint density at radius 2 is 1.89 bits per heavy atom. The Balaban J connectivity index is 2.30. The lowest BCUT2D eigenvalue weighted by Crippen LogP contribution is -2.51. The van der Waals surface area contributed by atoms with Crippen molar-refractivity contribution in [2.45, 2.75) is 44.2 Å². The zero-order valence-electron chi connectivity index (χ0n) is 11.7. The van der Waals surface area contributed by atoms with Crippen molar-refractivity contribution in [1.82, 2.24) is 4.31 Å². The molecule has 2 unspecified atom stereocenters. The molecule has 19 heavy (non-hydrogen) atoms. The van der Waals surface area contributed by atoms with Gasteiger partial charge < -0.3 is 4.74 Å². The second kappa shape index (κ2) is 5.61. The first-order valence-corrected chi connectivity index (χ1v) is 8.13. The first kappa shape index (κ1) is 14.5. The van der Waals surface area contributed by atoms with E-state index in [0.29, 0.717) is 18.0 Å². The van der Waals surface area contributed by atoms with Crippen LogP contribution >= 0.6 is 0 Å². The molecule has 1 aliphatic heterocycles. The van der Waals surface area contributed by atoms with Crippen molar-refractivity contribution in [2.75, 3.05) is 13.2 Å². The van der Waals surface area contributed by atoms with Crippen molar-refractivity contribution in [1.29, 1.82) is 0 Å². The molecule has 0 radical (unpaired) electrons. The average Bonchev–Trinajstić information content (AvgIpc) is 2.41. The van der Waals surface area contributed by atoms with Crippen LogP contribution in [0.3, 0.4) is 0 Å². The minimum Gasteiger partial charge on any atom is -0.375 e. The molecular weight excluding hydrogens is 262 g/mol. The molecule has 0 saturated carbocycles. The number of nitrogens with zero attached hydrogens (tertiary/aromatic N) is 1. The van der Waals surface area contributed by atoms with Gasteiger partial charge >= 0.3 is 0 Å². The molecule has 0 aliphatic carbocycles. The lowest BCUT2D eigenvalue weighted by atomic mass is 10.2. The molecule has 0 N–H and O–H groups in total. The maximum atomic E-state index is 12.6. The van der Waals surface area contributed by atoms with Gasteiger partial charge in [-0.05, 0) is 38.0 Å². The van der Waals surface area contributed by atoms with E-state index in [1.54, 1.807) is 16.4 Å². The summed E-state index contributed by atoms with van der Waals surface area (Å²) < 4.78 is 32.3. The number of hydrogen-bond donors (Lipinski definition) is 0. The highest BCUT2D eigenvalue weighted by atomic mass is 32.2. The highest BCUT2D eigenvalue weighted by Gasteiger charge is 2.35. The van der Waals surface area contributed by atoms with E-state index in [0.717, 1.165) is 12.0 Å². The van der Waals surface area contributed by atoms with E-state index in [2.05, 4.69) is 6.92 Å². The Kier molecular flexibility index (Phi) is 4.28. The third kappa shape index (κ3) is 2.83. The minimum absolute atomic E-state index is 0.0709. The van der Waals surface area contributed by atoms with E-state index in [1.807, 2.05) is 26.0 Å². The van der Waals surface area contributed by atoms with Crippen LogP contribution in [0.25, 0.3) is 0 Å². The molecule has 0 bridgehead atoms. The molecule has 0 aromatic heterocycles. The van der Waals surface area contributed by atoms with Gasteiger partial charge in [0.15, 0.2) is 0 Å². The van der Waals surface area contributed by atoms with Crippen LogP contribution in [0.1, 0.15) is 26.3 Å². The molecule has 0 amide bonds. The summed E-state index contributed by atoms with van der Waals surface area (Å²) in [5.41, 5.74) is 1.14. The lowest BCUT2D eigenvalue weighted by Gasteiger charge is -2.36. The van der Waals surface area contributed by atoms with Crippen molar-refractivity contribution in [3.8, 4) is 0 Å². The van der Waals surface area contributed by atoms with Crippen molar-refractivity contribution < 1.29 is 13.2 Å². The van der Waals surface area contributed by atoms with Crippen LogP contribution in [0, 0.1) is 0 Å². The molecule has 106 valence electrons. The zero-order chi connectivity index (χ0) is 14.0. The average molecular weight is 283 g/mol. The third-order valence-corrected chi connectivity index (χ3v) is 5.76. The number of benzene rings is 1. The van der Waals surface area contributed by atoms with Gasteiger partial charge in [-0.3, -0.25) is 0 Å². The summed E-state index contributed by atoms with van der Waals surface area (Å²) in [6.45, 7) is 6.73. The fraction of sp³-hybridized carbons (Fsp3) is 0.571. The summed E-state index contributed by atoms with van der Waals surface area (Å²) in [7, 11) is -3.42. The number of rotatable bonds is 3. The first-order valence-electron chi connectivity index (χ1n) is 6.69. The van der Waals surface area contributed by atoms with Crippen molar-refractivity contribution in [3.05, 3.63) is 29.8 Å². The summed E-state index contributed by atoms with van der Waals surface area (Å²) in [6.07, 6.45) is 0.837.